The van der Waals surface area contributed by atoms with Gasteiger partial charge in [-0.2, -0.15) is 5.10 Å². The van der Waals surface area contributed by atoms with Crippen molar-refractivity contribution in [3.05, 3.63) is 71.7 Å². The van der Waals surface area contributed by atoms with Crippen LogP contribution in [0.15, 0.2) is 54.9 Å². The third-order valence-corrected chi connectivity index (χ3v) is 7.46. The molecule has 9 heteroatoms. The van der Waals surface area contributed by atoms with Crippen LogP contribution in [0.1, 0.15) is 34.5 Å². The highest BCUT2D eigenvalue weighted by Crippen LogP contribution is 2.34. The van der Waals surface area contributed by atoms with Crippen molar-refractivity contribution in [2.24, 2.45) is 0 Å². The van der Waals surface area contributed by atoms with Gasteiger partial charge in [-0.05, 0) is 37.1 Å². The first-order valence-electron chi connectivity index (χ1n) is 12.2. The van der Waals surface area contributed by atoms with Gasteiger partial charge in [0.1, 0.15) is 5.82 Å². The Morgan fingerprint density at radius 2 is 1.77 bits per heavy atom. The fourth-order valence-electron chi connectivity index (χ4n) is 5.79. The van der Waals surface area contributed by atoms with Crippen LogP contribution in [0.25, 0.3) is 5.69 Å². The van der Waals surface area contributed by atoms with Crippen LogP contribution in [0, 0.1) is 0 Å². The zero-order chi connectivity index (χ0) is 23.9. The predicted molar refractivity (Wildman–Crippen MR) is 130 cm³/mol. The molecule has 2 aromatic heterocycles. The SMILES string of the molecule is O=C(O)c1ccc(N2C3CCC2CN(CC(=O)N2CCc4c(cnn4-c4ccccc4)C2)C3)nc1. The number of hydrogen-bond donors (Lipinski definition) is 1. The molecule has 3 aliphatic heterocycles. The van der Waals surface area contributed by atoms with E-state index in [1.165, 1.54) is 11.9 Å². The normalized spacial score (nSPS) is 21.7. The Morgan fingerprint density at radius 3 is 2.46 bits per heavy atom. The lowest BCUT2D eigenvalue weighted by atomic mass is 10.1. The number of anilines is 1. The Bertz CT molecular complexity index is 1230. The van der Waals surface area contributed by atoms with Gasteiger partial charge in [0.05, 0.1) is 29.7 Å². The van der Waals surface area contributed by atoms with Gasteiger partial charge in [-0.3, -0.25) is 9.69 Å². The average molecular weight is 473 g/mol. The van der Waals surface area contributed by atoms with Crippen LogP contribution in [0.3, 0.4) is 0 Å². The number of amides is 1. The maximum absolute atomic E-state index is 13.2. The maximum atomic E-state index is 13.2. The topological polar surface area (TPSA) is 94.8 Å². The summed E-state index contributed by atoms with van der Waals surface area (Å²) in [6.45, 7) is 3.37. The van der Waals surface area contributed by atoms with Gasteiger partial charge in [0.2, 0.25) is 5.91 Å². The van der Waals surface area contributed by atoms with Crippen LogP contribution >= 0.6 is 0 Å². The summed E-state index contributed by atoms with van der Waals surface area (Å²) in [7, 11) is 0. The molecule has 2 atom stereocenters. The number of carbonyl (C=O) groups excluding carboxylic acids is 1. The number of likely N-dealkylation sites (tertiary alicyclic amines) is 1. The van der Waals surface area contributed by atoms with Gasteiger partial charge in [-0.25, -0.2) is 14.5 Å². The van der Waals surface area contributed by atoms with Gasteiger partial charge in [0.15, 0.2) is 0 Å². The molecule has 9 nitrogen and oxygen atoms in total. The van der Waals surface area contributed by atoms with E-state index in [4.69, 9.17) is 5.11 Å². The van der Waals surface area contributed by atoms with E-state index in [2.05, 4.69) is 32.0 Å². The Kier molecular flexibility index (Phi) is 5.49. The zero-order valence-electron chi connectivity index (χ0n) is 19.5. The highest BCUT2D eigenvalue weighted by atomic mass is 16.4. The Morgan fingerprint density at radius 1 is 1.00 bits per heavy atom. The molecule has 1 amide bonds. The number of carboxylic acid groups (broad SMARTS) is 1. The number of pyridine rings is 1. The number of aromatic nitrogens is 3. The monoisotopic (exact) mass is 472 g/mol. The lowest BCUT2D eigenvalue weighted by Crippen LogP contribution is -2.56. The van der Waals surface area contributed by atoms with Crippen molar-refractivity contribution >= 4 is 17.7 Å². The van der Waals surface area contributed by atoms with Crippen LogP contribution in [-0.2, 0) is 17.8 Å². The second-order valence-electron chi connectivity index (χ2n) is 9.63. The van der Waals surface area contributed by atoms with E-state index in [1.807, 2.05) is 34.0 Å². The molecular weight excluding hydrogens is 444 g/mol. The molecule has 3 aliphatic rings. The minimum Gasteiger partial charge on any atom is -0.478 e. The summed E-state index contributed by atoms with van der Waals surface area (Å²) in [5, 5.41) is 13.7. The van der Waals surface area contributed by atoms with Gasteiger partial charge < -0.3 is 14.9 Å². The molecule has 0 saturated carbocycles. The van der Waals surface area contributed by atoms with Crippen LogP contribution < -0.4 is 4.90 Å². The molecule has 2 unspecified atom stereocenters. The van der Waals surface area contributed by atoms with Gasteiger partial charge in [-0.1, -0.05) is 18.2 Å². The molecule has 6 rings (SSSR count). The van der Waals surface area contributed by atoms with Gasteiger partial charge in [0.25, 0.3) is 0 Å². The molecule has 180 valence electrons. The zero-order valence-corrected chi connectivity index (χ0v) is 19.5. The third kappa shape index (κ3) is 4.05. The summed E-state index contributed by atoms with van der Waals surface area (Å²) in [6, 6.07) is 14.1. The van der Waals surface area contributed by atoms with E-state index in [-0.39, 0.29) is 11.5 Å². The highest BCUT2D eigenvalue weighted by Gasteiger charge is 2.41. The van der Waals surface area contributed by atoms with Crippen molar-refractivity contribution in [1.82, 2.24) is 24.6 Å². The summed E-state index contributed by atoms with van der Waals surface area (Å²) >= 11 is 0. The van der Waals surface area contributed by atoms with Gasteiger partial charge in [-0.15, -0.1) is 0 Å². The summed E-state index contributed by atoms with van der Waals surface area (Å²) in [5.41, 5.74) is 3.56. The number of aromatic carboxylic acids is 1. The molecule has 2 saturated heterocycles. The van der Waals surface area contributed by atoms with Crippen molar-refractivity contribution in [2.45, 2.75) is 37.9 Å². The first-order valence-corrected chi connectivity index (χ1v) is 12.2. The summed E-state index contributed by atoms with van der Waals surface area (Å²) in [5.74, 6) is 0.0277. The number of nitrogens with zero attached hydrogens (tertiary/aromatic N) is 6. The van der Waals surface area contributed by atoms with E-state index in [0.717, 1.165) is 49.4 Å². The van der Waals surface area contributed by atoms with E-state index < -0.39 is 5.97 Å². The standard InChI is InChI=1S/C26H28N6O3/c33-25(30-11-10-23-19(14-30)13-28-32(23)20-4-2-1-3-5-20)17-29-15-21-7-8-22(16-29)31(21)24-9-6-18(12-27-24)26(34)35/h1-6,9,12-13,21-22H,7-8,10-11,14-17H2,(H,34,35). The molecular formula is C26H28N6O3. The van der Waals surface area contributed by atoms with Crippen molar-refractivity contribution in [2.75, 3.05) is 31.1 Å². The van der Waals surface area contributed by atoms with E-state index >= 15 is 0 Å². The van der Waals surface area contributed by atoms with E-state index in [9.17, 15) is 9.59 Å². The minimum absolute atomic E-state index is 0.167. The predicted octanol–water partition coefficient (Wildman–Crippen LogP) is 2.20. The number of fused-ring (bicyclic) bond motifs is 3. The molecule has 0 spiro atoms. The molecule has 35 heavy (non-hydrogen) atoms. The highest BCUT2D eigenvalue weighted by molar-refractivity contribution is 5.87. The van der Waals surface area contributed by atoms with Crippen LogP contribution in [-0.4, -0.2) is 79.8 Å². The van der Waals surface area contributed by atoms with Crippen molar-refractivity contribution in [3.63, 3.8) is 0 Å². The smallest absolute Gasteiger partial charge is 0.337 e. The maximum Gasteiger partial charge on any atom is 0.337 e. The number of carbonyl (C=O) groups is 2. The first-order chi connectivity index (χ1) is 17.1. The largest absolute Gasteiger partial charge is 0.478 e. The second-order valence-corrected chi connectivity index (χ2v) is 9.63. The molecule has 0 aliphatic carbocycles. The fourth-order valence-corrected chi connectivity index (χ4v) is 5.79. The van der Waals surface area contributed by atoms with E-state index in [0.29, 0.717) is 31.7 Å². The summed E-state index contributed by atoms with van der Waals surface area (Å²) in [4.78, 5) is 35.3. The van der Waals surface area contributed by atoms with Crippen LogP contribution in [0.5, 0.6) is 0 Å². The quantitative estimate of drug-likeness (QED) is 0.608. The molecule has 5 heterocycles. The van der Waals surface area contributed by atoms with Gasteiger partial charge in [0, 0.05) is 56.4 Å². The minimum atomic E-state index is -0.965. The molecule has 2 bridgehead atoms. The number of piperazine rings is 1. The van der Waals surface area contributed by atoms with Crippen molar-refractivity contribution in [3.8, 4) is 5.69 Å². The lowest BCUT2D eigenvalue weighted by Gasteiger charge is -2.42. The number of carboxylic acids is 1. The first kappa shape index (κ1) is 21.8. The number of hydrogen-bond acceptors (Lipinski definition) is 6. The molecule has 1 aromatic carbocycles. The molecule has 2 fully saturated rings. The number of rotatable bonds is 5. The van der Waals surface area contributed by atoms with E-state index in [1.54, 1.807) is 12.1 Å². The average Bonchev–Trinajstić information content (AvgIpc) is 3.42. The Labute approximate surface area is 203 Å². The fraction of sp³-hybridized carbons (Fsp3) is 0.385. The molecule has 0 radical (unpaired) electrons. The van der Waals surface area contributed by atoms with Crippen LogP contribution in [0.4, 0.5) is 5.82 Å². The summed E-state index contributed by atoms with van der Waals surface area (Å²) in [6.07, 6.45) is 6.24. The Balaban J connectivity index is 1.09. The molecule has 1 N–H and O–H groups in total. The third-order valence-electron chi connectivity index (χ3n) is 7.46. The number of benzene rings is 1. The lowest BCUT2D eigenvalue weighted by molar-refractivity contribution is -0.133. The van der Waals surface area contributed by atoms with Crippen molar-refractivity contribution in [1.29, 1.82) is 0 Å². The summed E-state index contributed by atoms with van der Waals surface area (Å²) < 4.78 is 1.99. The van der Waals surface area contributed by atoms with Gasteiger partial charge >= 0.3 is 5.97 Å². The van der Waals surface area contributed by atoms with Crippen molar-refractivity contribution < 1.29 is 14.7 Å². The second kappa shape index (κ2) is 8.81. The number of para-hydroxylation sites is 1. The molecule has 3 aromatic rings. The van der Waals surface area contributed by atoms with Crippen LogP contribution in [0.2, 0.25) is 0 Å². The Hall–Kier alpha value is -3.72.